The number of anilines is 1. The number of alkyl halides is 3. The zero-order valence-electron chi connectivity index (χ0n) is 22.4. The molecule has 0 spiro atoms. The molecule has 0 bridgehead atoms. The summed E-state index contributed by atoms with van der Waals surface area (Å²) in [6.45, 7) is 7.99. The van der Waals surface area contributed by atoms with Crippen molar-refractivity contribution < 1.29 is 37.7 Å². The van der Waals surface area contributed by atoms with Crippen molar-refractivity contribution in [2.75, 3.05) is 44.2 Å². The number of ether oxygens (including phenoxy) is 1. The smallest absolute Gasteiger partial charge is 0.422 e. The number of carbonyl (C=O) groups is 2. The van der Waals surface area contributed by atoms with Gasteiger partial charge >= 0.3 is 23.8 Å². The van der Waals surface area contributed by atoms with Crippen LogP contribution in [0.2, 0.25) is 0 Å². The lowest BCUT2D eigenvalue weighted by atomic mass is 9.92. The number of para-hydroxylation sites is 2. The number of halogens is 3. The third-order valence-corrected chi connectivity index (χ3v) is 5.82. The number of rotatable bonds is 9. The minimum Gasteiger partial charge on any atom is -0.482 e. The van der Waals surface area contributed by atoms with E-state index in [1.54, 1.807) is 31.2 Å². The van der Waals surface area contributed by atoms with Crippen molar-refractivity contribution in [3.05, 3.63) is 69.0 Å². The van der Waals surface area contributed by atoms with Gasteiger partial charge in [0.15, 0.2) is 6.61 Å². The van der Waals surface area contributed by atoms with E-state index in [1.165, 1.54) is 10.8 Å². The maximum absolute atomic E-state index is 12.6. The summed E-state index contributed by atoms with van der Waals surface area (Å²) >= 11 is 0. The van der Waals surface area contributed by atoms with Gasteiger partial charge in [-0.15, -0.1) is 0 Å². The highest BCUT2D eigenvalue weighted by molar-refractivity contribution is 5.89. The molecule has 14 heteroatoms. The lowest BCUT2D eigenvalue weighted by Gasteiger charge is -2.40. The fourth-order valence-corrected chi connectivity index (χ4v) is 4.13. The van der Waals surface area contributed by atoms with Crippen molar-refractivity contribution in [1.29, 1.82) is 0 Å². The van der Waals surface area contributed by atoms with E-state index >= 15 is 0 Å². The number of aromatic amines is 1. The average molecular weight is 571 g/mol. The summed E-state index contributed by atoms with van der Waals surface area (Å²) in [5, 5.41) is 15.6. The fourth-order valence-electron chi connectivity index (χ4n) is 4.13. The molecule has 0 amide bonds. The van der Waals surface area contributed by atoms with Crippen LogP contribution >= 0.6 is 0 Å². The summed E-state index contributed by atoms with van der Waals surface area (Å²) in [6, 6.07) is 6.75. The summed E-state index contributed by atoms with van der Waals surface area (Å²) in [7, 11) is 0. The molecule has 1 aliphatic rings. The van der Waals surface area contributed by atoms with Crippen molar-refractivity contribution in [2.45, 2.75) is 33.5 Å². The number of carboxylic acid groups (broad SMARTS) is 2. The number of nitrogens with zero attached hydrogens (tertiary/aromatic N) is 3. The van der Waals surface area contributed by atoms with E-state index in [2.05, 4.69) is 9.88 Å². The van der Waals surface area contributed by atoms with Crippen LogP contribution in [-0.2, 0) is 16.1 Å². The molecule has 0 saturated carbocycles. The van der Waals surface area contributed by atoms with Crippen LogP contribution < -0.4 is 20.9 Å². The first kappa shape index (κ1) is 32.1. The summed E-state index contributed by atoms with van der Waals surface area (Å²) in [5.41, 5.74) is 0.0885. The summed E-state index contributed by atoms with van der Waals surface area (Å²) in [4.78, 5) is 50.4. The quantitative estimate of drug-likeness (QED) is 0.387. The molecule has 0 aliphatic carbocycles. The molecule has 1 aromatic carbocycles. The summed E-state index contributed by atoms with van der Waals surface area (Å²) in [5.74, 6) is -2.29. The number of aromatic nitrogens is 2. The topological polar surface area (TPSA) is 145 Å². The third kappa shape index (κ3) is 10.6. The molecule has 1 fully saturated rings. The van der Waals surface area contributed by atoms with E-state index in [1.807, 2.05) is 18.7 Å². The SMILES string of the molecule is Cc1c[nH]c(=O)n(CC(C)(C)CN2CCN(c3ccccc3OCC(F)(F)F)CC2)c1=O.O=C(O)C=CC(=O)O. The number of piperazine rings is 1. The molecule has 0 atom stereocenters. The molecule has 0 unspecified atom stereocenters. The van der Waals surface area contributed by atoms with Crippen molar-refractivity contribution in [3.63, 3.8) is 0 Å². The first-order valence-electron chi connectivity index (χ1n) is 12.3. The Bertz CT molecular complexity index is 1290. The van der Waals surface area contributed by atoms with Crippen LogP contribution in [0.4, 0.5) is 18.9 Å². The molecular formula is C26H33F3N4O7. The first-order chi connectivity index (χ1) is 18.6. The molecule has 40 heavy (non-hydrogen) atoms. The number of benzene rings is 1. The maximum Gasteiger partial charge on any atom is 0.422 e. The van der Waals surface area contributed by atoms with Crippen LogP contribution in [0.15, 0.2) is 52.2 Å². The number of aliphatic carboxylic acids is 2. The number of carboxylic acids is 2. The molecule has 3 N–H and O–H groups in total. The highest BCUT2D eigenvalue weighted by Gasteiger charge is 2.30. The molecule has 0 radical (unpaired) electrons. The van der Waals surface area contributed by atoms with E-state index in [0.29, 0.717) is 56.1 Å². The molecule has 11 nitrogen and oxygen atoms in total. The van der Waals surface area contributed by atoms with Crippen LogP contribution in [-0.4, -0.2) is 82.1 Å². The second-order valence-electron chi connectivity index (χ2n) is 9.98. The number of H-pyrrole nitrogens is 1. The summed E-state index contributed by atoms with van der Waals surface area (Å²) < 4.78 is 43.9. The first-order valence-corrected chi connectivity index (χ1v) is 12.3. The standard InChI is InChI=1S/C22H29F3N4O3.C4H4O4/c1-16-12-26-20(31)29(19(16)30)14-21(2,3)13-27-8-10-28(11-9-27)17-6-4-5-7-18(17)32-15-22(23,24)25;5-3(6)1-2-4(7)8/h4-7,12H,8-11,13-15H2,1-3H3,(H,26,31);1-2H,(H,5,6)(H,7,8). The van der Waals surface area contributed by atoms with Gasteiger partial charge in [0.2, 0.25) is 0 Å². The van der Waals surface area contributed by atoms with Crippen molar-refractivity contribution in [1.82, 2.24) is 14.5 Å². The lowest BCUT2D eigenvalue weighted by Crippen LogP contribution is -2.51. The highest BCUT2D eigenvalue weighted by Crippen LogP contribution is 2.31. The molecule has 2 heterocycles. The minimum absolute atomic E-state index is 0.219. The molecule has 2 aromatic rings. The molecule has 1 saturated heterocycles. The van der Waals surface area contributed by atoms with Gasteiger partial charge in [0.25, 0.3) is 5.56 Å². The Labute approximate surface area is 228 Å². The zero-order valence-corrected chi connectivity index (χ0v) is 22.4. The Morgan fingerprint density at radius 3 is 2.12 bits per heavy atom. The minimum atomic E-state index is -4.39. The Morgan fingerprint density at radius 1 is 1.00 bits per heavy atom. The second kappa shape index (κ2) is 13.8. The Balaban J connectivity index is 0.000000611. The summed E-state index contributed by atoms with van der Waals surface area (Å²) in [6.07, 6.45) is -1.85. The van der Waals surface area contributed by atoms with Crippen molar-refractivity contribution >= 4 is 17.6 Å². The van der Waals surface area contributed by atoms with Gasteiger partial charge in [-0.3, -0.25) is 14.3 Å². The van der Waals surface area contributed by atoms with Gasteiger partial charge in [-0.2, -0.15) is 13.2 Å². The number of hydrogen-bond donors (Lipinski definition) is 3. The van der Waals surface area contributed by atoms with E-state index < -0.39 is 30.4 Å². The second-order valence-corrected chi connectivity index (χ2v) is 9.98. The van der Waals surface area contributed by atoms with Gasteiger partial charge in [-0.1, -0.05) is 26.0 Å². The third-order valence-electron chi connectivity index (χ3n) is 5.82. The van der Waals surface area contributed by atoms with Crippen LogP contribution in [0.25, 0.3) is 0 Å². The molecular weight excluding hydrogens is 537 g/mol. The predicted molar refractivity (Wildman–Crippen MR) is 141 cm³/mol. The van der Waals surface area contributed by atoms with Gasteiger partial charge in [0.1, 0.15) is 5.75 Å². The zero-order chi connectivity index (χ0) is 30.1. The van der Waals surface area contributed by atoms with Crippen LogP contribution in [0, 0.1) is 12.3 Å². The predicted octanol–water partition coefficient (Wildman–Crippen LogP) is 2.35. The molecule has 3 rings (SSSR count). The highest BCUT2D eigenvalue weighted by atomic mass is 19.4. The van der Waals surface area contributed by atoms with E-state index in [0.717, 1.165) is 0 Å². The normalized spacial score (nSPS) is 14.5. The van der Waals surface area contributed by atoms with Crippen LogP contribution in [0.3, 0.4) is 0 Å². The number of aryl methyl sites for hydroxylation is 1. The van der Waals surface area contributed by atoms with Crippen LogP contribution in [0.1, 0.15) is 19.4 Å². The lowest BCUT2D eigenvalue weighted by molar-refractivity contribution is -0.153. The van der Waals surface area contributed by atoms with Gasteiger partial charge < -0.3 is 24.8 Å². The maximum atomic E-state index is 12.6. The van der Waals surface area contributed by atoms with Gasteiger partial charge in [-0.05, 0) is 24.5 Å². The monoisotopic (exact) mass is 570 g/mol. The Hall–Kier alpha value is -4.07. The Morgan fingerprint density at radius 2 is 1.57 bits per heavy atom. The van der Waals surface area contributed by atoms with E-state index in [9.17, 15) is 32.3 Å². The largest absolute Gasteiger partial charge is 0.482 e. The van der Waals surface area contributed by atoms with Gasteiger partial charge in [0, 0.05) is 63.2 Å². The van der Waals surface area contributed by atoms with E-state index in [-0.39, 0.29) is 23.3 Å². The fraction of sp³-hybridized carbons (Fsp3) is 0.462. The van der Waals surface area contributed by atoms with Crippen LogP contribution in [0.5, 0.6) is 5.75 Å². The van der Waals surface area contributed by atoms with Gasteiger partial charge in [-0.25, -0.2) is 14.4 Å². The molecule has 1 aliphatic heterocycles. The van der Waals surface area contributed by atoms with Gasteiger partial charge in [0.05, 0.1) is 5.69 Å². The van der Waals surface area contributed by atoms with Crippen molar-refractivity contribution in [2.24, 2.45) is 5.41 Å². The average Bonchev–Trinajstić information content (AvgIpc) is 2.87. The molecule has 1 aromatic heterocycles. The number of hydrogen-bond acceptors (Lipinski definition) is 7. The van der Waals surface area contributed by atoms with E-state index in [4.69, 9.17) is 14.9 Å². The Kier molecular flexibility index (Phi) is 11.1. The molecule has 220 valence electrons. The van der Waals surface area contributed by atoms with Crippen molar-refractivity contribution in [3.8, 4) is 5.75 Å². The number of nitrogens with one attached hydrogen (secondary N) is 1.